The summed E-state index contributed by atoms with van der Waals surface area (Å²) in [5, 5.41) is 0. The molecular formula is C16H19NO4. The average molecular weight is 289 g/mol. The summed E-state index contributed by atoms with van der Waals surface area (Å²) in [6.07, 6.45) is 0. The summed E-state index contributed by atoms with van der Waals surface area (Å²) in [6, 6.07) is 3.64. The third-order valence-corrected chi connectivity index (χ3v) is 3.69. The lowest BCUT2D eigenvalue weighted by Gasteiger charge is -2.28. The normalized spacial score (nSPS) is 14.4. The van der Waals surface area contributed by atoms with Gasteiger partial charge in [-0.2, -0.15) is 0 Å². The van der Waals surface area contributed by atoms with Crippen LogP contribution in [0.1, 0.15) is 35.3 Å². The van der Waals surface area contributed by atoms with E-state index in [4.69, 9.17) is 4.74 Å². The number of fused-ring (bicyclic) bond motifs is 1. The topological polar surface area (TPSA) is 63.7 Å². The van der Waals surface area contributed by atoms with Crippen molar-refractivity contribution in [2.24, 2.45) is 5.41 Å². The number of ether oxygens (including phenoxy) is 1. The Morgan fingerprint density at radius 1 is 1.24 bits per heavy atom. The Balaban J connectivity index is 2.47. The van der Waals surface area contributed by atoms with E-state index in [0.717, 1.165) is 11.1 Å². The number of hydrogen-bond acceptors (Lipinski definition) is 4. The maximum Gasteiger partial charge on any atom is 0.313 e. The Kier molecular flexibility index (Phi) is 3.61. The summed E-state index contributed by atoms with van der Waals surface area (Å²) in [5.41, 5.74) is 1.92. The highest BCUT2D eigenvalue weighted by Gasteiger charge is 2.42. The van der Waals surface area contributed by atoms with Crippen molar-refractivity contribution in [2.45, 2.75) is 27.7 Å². The zero-order valence-electron chi connectivity index (χ0n) is 12.9. The second-order valence-electron chi connectivity index (χ2n) is 6.07. The molecule has 1 amide bonds. The van der Waals surface area contributed by atoms with Crippen LogP contribution in [0.5, 0.6) is 0 Å². The fourth-order valence-corrected chi connectivity index (χ4v) is 2.72. The van der Waals surface area contributed by atoms with E-state index in [1.165, 1.54) is 12.0 Å². The molecule has 112 valence electrons. The fourth-order valence-electron chi connectivity index (χ4n) is 2.72. The number of Topliss-reactive ketones (excluding diaryl/α,β-unsaturated/α-hetero) is 1. The molecule has 1 aromatic carbocycles. The average Bonchev–Trinajstić information content (AvgIpc) is 2.63. The number of amides is 1. The van der Waals surface area contributed by atoms with E-state index in [1.807, 2.05) is 19.9 Å². The summed E-state index contributed by atoms with van der Waals surface area (Å²) in [5.74, 6) is -1.52. The third-order valence-electron chi connectivity index (χ3n) is 3.69. The quantitative estimate of drug-likeness (QED) is 0.631. The second-order valence-corrected chi connectivity index (χ2v) is 6.07. The summed E-state index contributed by atoms with van der Waals surface area (Å²) >= 11 is 0. The molecule has 0 aromatic heterocycles. The molecule has 0 spiro atoms. The number of carbonyl (C=O) groups excluding carboxylic acids is 3. The monoisotopic (exact) mass is 289 g/mol. The number of nitrogens with zero attached hydrogens (tertiary/aromatic N) is 1. The van der Waals surface area contributed by atoms with Crippen LogP contribution >= 0.6 is 0 Å². The van der Waals surface area contributed by atoms with E-state index in [0.29, 0.717) is 11.3 Å². The number of carbonyl (C=O) groups is 3. The first-order valence-corrected chi connectivity index (χ1v) is 6.75. The van der Waals surface area contributed by atoms with Gasteiger partial charge in [-0.25, -0.2) is 0 Å². The largest absolute Gasteiger partial charge is 0.469 e. The molecule has 0 radical (unpaired) electrons. The first-order valence-electron chi connectivity index (χ1n) is 6.75. The van der Waals surface area contributed by atoms with Gasteiger partial charge in [0.05, 0.1) is 23.8 Å². The fraction of sp³-hybridized carbons (Fsp3) is 0.438. The number of methoxy groups -OCH3 is 1. The van der Waals surface area contributed by atoms with Gasteiger partial charge in [-0.1, -0.05) is 6.07 Å². The SMILES string of the molecule is COC(=O)C(C)(C)CN1C(=O)C(=O)c2cc(C)cc(C)c21. The lowest BCUT2D eigenvalue weighted by molar-refractivity contribution is -0.150. The summed E-state index contributed by atoms with van der Waals surface area (Å²) in [4.78, 5) is 37.6. The molecule has 0 bridgehead atoms. The van der Waals surface area contributed by atoms with Gasteiger partial charge in [0.25, 0.3) is 11.7 Å². The van der Waals surface area contributed by atoms with Crippen molar-refractivity contribution < 1.29 is 19.1 Å². The van der Waals surface area contributed by atoms with Gasteiger partial charge >= 0.3 is 5.97 Å². The van der Waals surface area contributed by atoms with Crippen molar-refractivity contribution in [3.63, 3.8) is 0 Å². The number of benzene rings is 1. The number of rotatable bonds is 3. The van der Waals surface area contributed by atoms with Crippen molar-refractivity contribution in [1.82, 2.24) is 0 Å². The van der Waals surface area contributed by atoms with Crippen LogP contribution in [0.4, 0.5) is 5.69 Å². The molecule has 0 saturated heterocycles. The minimum Gasteiger partial charge on any atom is -0.469 e. The lowest BCUT2D eigenvalue weighted by Crippen LogP contribution is -2.42. The molecule has 0 atom stereocenters. The van der Waals surface area contributed by atoms with E-state index in [2.05, 4.69) is 0 Å². The zero-order valence-corrected chi connectivity index (χ0v) is 12.9. The van der Waals surface area contributed by atoms with Crippen LogP contribution in [0.25, 0.3) is 0 Å². The maximum atomic E-state index is 12.2. The van der Waals surface area contributed by atoms with E-state index in [1.54, 1.807) is 19.9 Å². The van der Waals surface area contributed by atoms with Crippen LogP contribution in [0, 0.1) is 19.3 Å². The first-order chi connectivity index (χ1) is 9.69. The van der Waals surface area contributed by atoms with Crippen LogP contribution in [0.15, 0.2) is 12.1 Å². The van der Waals surface area contributed by atoms with Crippen LogP contribution in [0.2, 0.25) is 0 Å². The molecule has 0 unspecified atom stereocenters. The Labute approximate surface area is 123 Å². The number of esters is 1. The molecule has 1 aromatic rings. The Morgan fingerprint density at radius 3 is 2.43 bits per heavy atom. The van der Waals surface area contributed by atoms with Crippen molar-refractivity contribution in [3.05, 3.63) is 28.8 Å². The minimum absolute atomic E-state index is 0.112. The zero-order chi connectivity index (χ0) is 15.9. The van der Waals surface area contributed by atoms with Gasteiger partial charge in [0, 0.05) is 6.54 Å². The van der Waals surface area contributed by atoms with Gasteiger partial charge in [-0.05, 0) is 44.9 Å². The van der Waals surface area contributed by atoms with Crippen molar-refractivity contribution in [2.75, 3.05) is 18.6 Å². The number of hydrogen-bond donors (Lipinski definition) is 0. The lowest BCUT2D eigenvalue weighted by atomic mass is 9.92. The molecule has 0 N–H and O–H groups in total. The standard InChI is InChI=1S/C16H19NO4/c1-9-6-10(2)12-11(7-9)13(18)14(19)17(12)8-16(3,4)15(20)21-5/h6-7H,8H2,1-5H3. The van der Waals surface area contributed by atoms with Crippen molar-refractivity contribution >= 4 is 23.3 Å². The summed E-state index contributed by atoms with van der Waals surface area (Å²) < 4.78 is 4.76. The molecule has 0 aliphatic carbocycles. The van der Waals surface area contributed by atoms with Gasteiger partial charge in [0.1, 0.15) is 0 Å². The predicted octanol–water partition coefficient (Wildman–Crippen LogP) is 2.03. The van der Waals surface area contributed by atoms with Crippen LogP contribution in [-0.4, -0.2) is 31.3 Å². The highest BCUT2D eigenvalue weighted by molar-refractivity contribution is 6.52. The second kappa shape index (κ2) is 4.98. The number of aryl methyl sites for hydroxylation is 2. The molecule has 1 aliphatic rings. The van der Waals surface area contributed by atoms with Crippen LogP contribution in [0.3, 0.4) is 0 Å². The Morgan fingerprint density at radius 2 is 1.86 bits per heavy atom. The van der Waals surface area contributed by atoms with Gasteiger partial charge in [0.15, 0.2) is 0 Å². The van der Waals surface area contributed by atoms with Gasteiger partial charge in [-0.3, -0.25) is 14.4 Å². The molecule has 0 saturated carbocycles. The Bertz CT molecular complexity index is 646. The molecule has 0 fully saturated rings. The maximum absolute atomic E-state index is 12.2. The molecule has 1 heterocycles. The molecule has 1 aliphatic heterocycles. The summed E-state index contributed by atoms with van der Waals surface area (Å²) in [6.45, 7) is 7.24. The minimum atomic E-state index is -0.885. The van der Waals surface area contributed by atoms with E-state index in [-0.39, 0.29) is 6.54 Å². The highest BCUT2D eigenvalue weighted by atomic mass is 16.5. The van der Waals surface area contributed by atoms with Crippen molar-refractivity contribution in [1.29, 1.82) is 0 Å². The third kappa shape index (κ3) is 2.44. The number of anilines is 1. The molecule has 2 rings (SSSR count). The van der Waals surface area contributed by atoms with E-state index in [9.17, 15) is 14.4 Å². The number of ketones is 1. The van der Waals surface area contributed by atoms with Crippen LogP contribution in [-0.2, 0) is 14.3 Å². The molecule has 5 heteroatoms. The highest BCUT2D eigenvalue weighted by Crippen LogP contribution is 2.35. The first kappa shape index (κ1) is 15.2. The van der Waals surface area contributed by atoms with Gasteiger partial charge in [-0.15, -0.1) is 0 Å². The predicted molar refractivity (Wildman–Crippen MR) is 78.4 cm³/mol. The Hall–Kier alpha value is -2.17. The van der Waals surface area contributed by atoms with Crippen molar-refractivity contribution in [3.8, 4) is 0 Å². The van der Waals surface area contributed by atoms with Gasteiger partial charge < -0.3 is 9.64 Å². The van der Waals surface area contributed by atoms with Crippen LogP contribution < -0.4 is 4.90 Å². The van der Waals surface area contributed by atoms with E-state index >= 15 is 0 Å². The molecule has 5 nitrogen and oxygen atoms in total. The smallest absolute Gasteiger partial charge is 0.313 e. The summed E-state index contributed by atoms with van der Waals surface area (Å²) in [7, 11) is 1.31. The molecular weight excluding hydrogens is 270 g/mol. The van der Waals surface area contributed by atoms with Gasteiger partial charge in [0.2, 0.25) is 0 Å². The molecule has 21 heavy (non-hydrogen) atoms. The van der Waals surface area contributed by atoms with E-state index < -0.39 is 23.1 Å².